The van der Waals surface area contributed by atoms with Crippen LogP contribution in [0.3, 0.4) is 0 Å². The molecular weight excluding hydrogens is 663 g/mol. The van der Waals surface area contributed by atoms with Crippen LogP contribution >= 0.6 is 0 Å². The zero-order valence-corrected chi connectivity index (χ0v) is 33.0. The first-order chi connectivity index (χ1) is 26.4. The smallest absolute Gasteiger partial charge is 0.0546 e. The quantitative estimate of drug-likeness (QED) is 0.176. The van der Waals surface area contributed by atoms with Gasteiger partial charge in [-0.3, -0.25) is 0 Å². The third-order valence-electron chi connectivity index (χ3n) is 12.8. The lowest BCUT2D eigenvalue weighted by molar-refractivity contribution is 0.590. The predicted molar refractivity (Wildman–Crippen MR) is 235 cm³/mol. The van der Waals surface area contributed by atoms with Gasteiger partial charge in [0.25, 0.3) is 0 Å². The van der Waals surface area contributed by atoms with Crippen LogP contribution in [0.1, 0.15) is 76.3 Å². The minimum atomic E-state index is -0.102. The SMILES string of the molecule is CC(C)(C)c1ccc(N(c2ccc3c(c2)-c2cc4ccccc4cc2C3(C)C)c2ccc3ccccc3c2-c2ccc3c(c2)C(C)(C)c2ccccc2-3)cc1. The summed E-state index contributed by atoms with van der Waals surface area (Å²) in [6.45, 7) is 16.4. The zero-order valence-electron chi connectivity index (χ0n) is 33.0. The second-order valence-corrected chi connectivity index (χ2v) is 17.8. The van der Waals surface area contributed by atoms with Crippen molar-refractivity contribution in [1.82, 2.24) is 0 Å². The fraction of sp³-hybridized carbons (Fsp3) is 0.185. The lowest BCUT2D eigenvalue weighted by atomic mass is 9.81. The summed E-state index contributed by atoms with van der Waals surface area (Å²) in [5.74, 6) is 0. The number of rotatable bonds is 4. The molecule has 2 aliphatic rings. The van der Waals surface area contributed by atoms with Gasteiger partial charge in [-0.2, -0.15) is 0 Å². The van der Waals surface area contributed by atoms with Gasteiger partial charge >= 0.3 is 0 Å². The molecule has 0 radical (unpaired) electrons. The van der Waals surface area contributed by atoms with Gasteiger partial charge < -0.3 is 4.90 Å². The summed E-state index contributed by atoms with van der Waals surface area (Å²) in [5.41, 5.74) is 18.0. The largest absolute Gasteiger partial charge is 0.310 e. The highest BCUT2D eigenvalue weighted by Gasteiger charge is 2.38. The Labute approximate surface area is 325 Å². The minimum Gasteiger partial charge on any atom is -0.310 e. The first kappa shape index (κ1) is 33.6. The van der Waals surface area contributed by atoms with Gasteiger partial charge in [-0.25, -0.2) is 0 Å². The summed E-state index contributed by atoms with van der Waals surface area (Å²) in [5, 5.41) is 5.07. The summed E-state index contributed by atoms with van der Waals surface area (Å²) in [6, 6.07) is 59.7. The highest BCUT2D eigenvalue weighted by Crippen LogP contribution is 2.54. The van der Waals surface area contributed by atoms with E-state index < -0.39 is 0 Å². The maximum absolute atomic E-state index is 2.51. The summed E-state index contributed by atoms with van der Waals surface area (Å²) in [4.78, 5) is 2.51. The van der Waals surface area contributed by atoms with Crippen molar-refractivity contribution < 1.29 is 0 Å². The molecule has 55 heavy (non-hydrogen) atoms. The van der Waals surface area contributed by atoms with Crippen molar-refractivity contribution in [2.75, 3.05) is 4.90 Å². The molecule has 1 nitrogen and oxygen atoms in total. The van der Waals surface area contributed by atoms with E-state index in [-0.39, 0.29) is 16.2 Å². The average molecular weight is 710 g/mol. The molecule has 2 aliphatic carbocycles. The predicted octanol–water partition coefficient (Wildman–Crippen LogP) is 15.0. The monoisotopic (exact) mass is 709 g/mol. The zero-order chi connectivity index (χ0) is 37.9. The van der Waals surface area contributed by atoms with Crippen LogP contribution in [0.4, 0.5) is 17.1 Å². The second kappa shape index (κ2) is 11.8. The summed E-state index contributed by atoms with van der Waals surface area (Å²) in [7, 11) is 0. The molecule has 10 rings (SSSR count). The topological polar surface area (TPSA) is 3.24 Å². The molecular formula is C54H47N. The van der Waals surface area contributed by atoms with Crippen LogP contribution in [-0.2, 0) is 16.2 Å². The molecule has 0 atom stereocenters. The average Bonchev–Trinajstić information content (AvgIpc) is 3.55. The van der Waals surface area contributed by atoms with Gasteiger partial charge in [0.1, 0.15) is 0 Å². The minimum absolute atomic E-state index is 0.0535. The van der Waals surface area contributed by atoms with Gasteiger partial charge in [-0.1, -0.05) is 158 Å². The van der Waals surface area contributed by atoms with Crippen LogP contribution in [0.15, 0.2) is 158 Å². The number of fused-ring (bicyclic) bond motifs is 8. The normalized spacial score (nSPS) is 14.7. The van der Waals surface area contributed by atoms with E-state index in [2.05, 4.69) is 211 Å². The van der Waals surface area contributed by atoms with Crippen LogP contribution in [0, 0.1) is 0 Å². The Morgan fingerprint density at radius 2 is 1.00 bits per heavy atom. The van der Waals surface area contributed by atoms with Crippen LogP contribution in [-0.4, -0.2) is 0 Å². The van der Waals surface area contributed by atoms with Gasteiger partial charge in [0.2, 0.25) is 0 Å². The van der Waals surface area contributed by atoms with Crippen LogP contribution < -0.4 is 4.90 Å². The van der Waals surface area contributed by atoms with Crippen molar-refractivity contribution in [2.24, 2.45) is 0 Å². The number of benzene rings is 8. The molecule has 0 aliphatic heterocycles. The van der Waals surface area contributed by atoms with E-state index in [1.807, 2.05) is 0 Å². The maximum atomic E-state index is 2.51. The van der Waals surface area contributed by atoms with Gasteiger partial charge in [-0.05, 0) is 131 Å². The summed E-state index contributed by atoms with van der Waals surface area (Å²) < 4.78 is 0. The van der Waals surface area contributed by atoms with Crippen molar-refractivity contribution in [3.8, 4) is 33.4 Å². The molecule has 8 aromatic rings. The second-order valence-electron chi connectivity index (χ2n) is 17.8. The van der Waals surface area contributed by atoms with Crippen LogP contribution in [0.2, 0.25) is 0 Å². The molecule has 0 heterocycles. The Hall–Kier alpha value is -5.92. The Bertz CT molecular complexity index is 2840. The van der Waals surface area contributed by atoms with Crippen molar-refractivity contribution in [3.05, 3.63) is 186 Å². The Balaban J connectivity index is 1.23. The Kier molecular flexibility index (Phi) is 7.21. The Morgan fingerprint density at radius 1 is 0.418 bits per heavy atom. The van der Waals surface area contributed by atoms with Gasteiger partial charge in [-0.15, -0.1) is 0 Å². The van der Waals surface area contributed by atoms with E-state index >= 15 is 0 Å². The molecule has 0 amide bonds. The standard InChI is InChI=1S/C54H47N/c1-52(2,3)38-22-24-39(25-23-38)55(40-26-28-47-45(33-40)44-30-35-15-8-9-16-36(35)31-49(44)54(47,6)7)50-29-21-34-14-10-11-17-41(34)51(50)37-20-27-43-42-18-12-13-19-46(42)53(4,5)48(43)32-37/h8-33H,1-7H3. The first-order valence-electron chi connectivity index (χ1n) is 19.8. The van der Waals surface area contributed by atoms with E-state index in [0.717, 1.165) is 11.4 Å². The van der Waals surface area contributed by atoms with Gasteiger partial charge in [0, 0.05) is 27.8 Å². The lowest BCUT2D eigenvalue weighted by Crippen LogP contribution is -2.16. The van der Waals surface area contributed by atoms with Crippen molar-refractivity contribution in [2.45, 2.75) is 64.7 Å². The third kappa shape index (κ3) is 5.06. The molecule has 0 saturated heterocycles. The molecule has 268 valence electrons. The van der Waals surface area contributed by atoms with E-state index in [1.54, 1.807) is 0 Å². The molecule has 0 bridgehead atoms. The van der Waals surface area contributed by atoms with Crippen molar-refractivity contribution in [3.63, 3.8) is 0 Å². The van der Waals surface area contributed by atoms with Crippen LogP contribution in [0.5, 0.6) is 0 Å². The highest BCUT2D eigenvalue weighted by molar-refractivity contribution is 6.06. The molecule has 0 aromatic heterocycles. The van der Waals surface area contributed by atoms with E-state index in [9.17, 15) is 0 Å². The fourth-order valence-corrected chi connectivity index (χ4v) is 9.71. The lowest BCUT2D eigenvalue weighted by Gasteiger charge is -2.31. The first-order valence-corrected chi connectivity index (χ1v) is 19.8. The maximum Gasteiger partial charge on any atom is 0.0546 e. The van der Waals surface area contributed by atoms with Gasteiger partial charge in [0.05, 0.1) is 5.69 Å². The molecule has 0 N–H and O–H groups in total. The number of hydrogen-bond acceptors (Lipinski definition) is 1. The Morgan fingerprint density at radius 3 is 1.75 bits per heavy atom. The third-order valence-corrected chi connectivity index (χ3v) is 12.8. The number of nitrogens with zero attached hydrogens (tertiary/aromatic N) is 1. The molecule has 8 aromatic carbocycles. The molecule has 0 spiro atoms. The summed E-state index contributed by atoms with van der Waals surface area (Å²) in [6.07, 6.45) is 0. The molecule has 0 unspecified atom stereocenters. The molecule has 1 heteroatoms. The van der Waals surface area contributed by atoms with Crippen molar-refractivity contribution in [1.29, 1.82) is 0 Å². The van der Waals surface area contributed by atoms with E-state index in [1.165, 1.54) is 88.4 Å². The van der Waals surface area contributed by atoms with Crippen molar-refractivity contribution >= 4 is 38.6 Å². The highest BCUT2D eigenvalue weighted by atomic mass is 15.1. The number of hydrogen-bond donors (Lipinski definition) is 0. The van der Waals surface area contributed by atoms with Gasteiger partial charge in [0.15, 0.2) is 0 Å². The van der Waals surface area contributed by atoms with Crippen LogP contribution in [0.25, 0.3) is 54.9 Å². The fourth-order valence-electron chi connectivity index (χ4n) is 9.71. The molecule has 0 fully saturated rings. The molecule has 0 saturated carbocycles. The number of anilines is 3. The summed E-state index contributed by atoms with van der Waals surface area (Å²) >= 11 is 0. The van der Waals surface area contributed by atoms with E-state index in [0.29, 0.717) is 0 Å². The van der Waals surface area contributed by atoms with E-state index in [4.69, 9.17) is 0 Å².